The number of carboxylic acid groups (broad SMARTS) is 1. The third kappa shape index (κ3) is 1.39. The van der Waals surface area contributed by atoms with Crippen molar-refractivity contribution in [2.75, 3.05) is 0 Å². The van der Waals surface area contributed by atoms with Crippen LogP contribution >= 0.6 is 0 Å². The minimum Gasteiger partial charge on any atom is -0.475 e. The van der Waals surface area contributed by atoms with Crippen molar-refractivity contribution in [3.8, 4) is 0 Å². The number of aromatic carboxylic acids is 1. The minimum absolute atomic E-state index is 0.0640. The lowest BCUT2D eigenvalue weighted by molar-refractivity contribution is 0.0664. The van der Waals surface area contributed by atoms with Gasteiger partial charge in [-0.15, -0.1) is 0 Å². The Morgan fingerprint density at radius 2 is 2.20 bits per heavy atom. The average molecular weight is 206 g/mol. The highest BCUT2D eigenvalue weighted by atomic mass is 16.4. The highest BCUT2D eigenvalue weighted by Crippen LogP contribution is 2.28. The normalized spacial score (nSPS) is 10.8. The maximum atomic E-state index is 10.8. The zero-order chi connectivity index (χ0) is 11.0. The molecule has 0 aliphatic carbocycles. The number of carboxylic acids is 1. The molecule has 4 nitrogen and oxygen atoms in total. The van der Waals surface area contributed by atoms with E-state index in [0.717, 1.165) is 0 Å². The van der Waals surface area contributed by atoms with Crippen LogP contribution in [0, 0.1) is 6.92 Å². The van der Waals surface area contributed by atoms with Crippen molar-refractivity contribution in [3.05, 3.63) is 35.1 Å². The lowest BCUT2D eigenvalue weighted by Crippen LogP contribution is -1.95. The zero-order valence-electron chi connectivity index (χ0n) is 8.15. The molecule has 1 aromatic heterocycles. The Kier molecular flexibility index (Phi) is 2.21. The van der Waals surface area contributed by atoms with Gasteiger partial charge in [-0.1, -0.05) is 12.1 Å². The summed E-state index contributed by atoms with van der Waals surface area (Å²) in [6.07, 6.45) is 0. The molecule has 0 unspecified atom stereocenters. The summed E-state index contributed by atoms with van der Waals surface area (Å²) in [6, 6.07) is 5.16. The van der Waals surface area contributed by atoms with E-state index in [9.17, 15) is 4.79 Å². The summed E-state index contributed by atoms with van der Waals surface area (Å²) in [5, 5.41) is 18.7. The molecule has 78 valence electrons. The van der Waals surface area contributed by atoms with Crippen molar-refractivity contribution in [1.29, 1.82) is 0 Å². The van der Waals surface area contributed by atoms with Crippen LogP contribution in [0.15, 0.2) is 22.6 Å². The van der Waals surface area contributed by atoms with Crippen molar-refractivity contribution >= 4 is 16.9 Å². The lowest BCUT2D eigenvalue weighted by atomic mass is 10.1. The van der Waals surface area contributed by atoms with Crippen molar-refractivity contribution in [3.63, 3.8) is 0 Å². The van der Waals surface area contributed by atoms with Crippen LogP contribution in [-0.4, -0.2) is 16.2 Å². The van der Waals surface area contributed by atoms with Crippen molar-refractivity contribution in [2.24, 2.45) is 0 Å². The molecule has 4 heteroatoms. The van der Waals surface area contributed by atoms with E-state index in [1.807, 2.05) is 0 Å². The highest BCUT2D eigenvalue weighted by molar-refractivity contribution is 5.96. The van der Waals surface area contributed by atoms with Crippen LogP contribution in [0.5, 0.6) is 0 Å². The van der Waals surface area contributed by atoms with Gasteiger partial charge in [0.15, 0.2) is 0 Å². The predicted octanol–water partition coefficient (Wildman–Crippen LogP) is 1.93. The molecule has 15 heavy (non-hydrogen) atoms. The summed E-state index contributed by atoms with van der Waals surface area (Å²) >= 11 is 0. The first-order valence-corrected chi connectivity index (χ1v) is 4.50. The Morgan fingerprint density at radius 1 is 1.47 bits per heavy atom. The molecule has 0 spiro atoms. The fourth-order valence-corrected chi connectivity index (χ4v) is 1.72. The lowest BCUT2D eigenvalue weighted by Gasteiger charge is -1.97. The molecular formula is C11H10O4. The Labute approximate surface area is 85.8 Å². The Bertz CT molecular complexity index is 525. The second kappa shape index (κ2) is 3.40. The molecule has 0 amide bonds. The molecule has 0 aliphatic rings. The maximum absolute atomic E-state index is 10.8. The number of hydrogen-bond acceptors (Lipinski definition) is 3. The van der Waals surface area contributed by atoms with E-state index in [2.05, 4.69) is 0 Å². The van der Waals surface area contributed by atoms with Crippen LogP contribution in [0.25, 0.3) is 11.0 Å². The number of carbonyl (C=O) groups is 1. The first-order valence-electron chi connectivity index (χ1n) is 4.50. The van der Waals surface area contributed by atoms with Gasteiger partial charge in [-0.2, -0.15) is 0 Å². The van der Waals surface area contributed by atoms with Gasteiger partial charge in [-0.25, -0.2) is 4.79 Å². The Morgan fingerprint density at radius 3 is 2.80 bits per heavy atom. The SMILES string of the molecule is Cc1c(C(=O)O)oc2cccc(CO)c12. The highest BCUT2D eigenvalue weighted by Gasteiger charge is 2.18. The van der Waals surface area contributed by atoms with Gasteiger partial charge >= 0.3 is 5.97 Å². The number of aliphatic hydroxyl groups is 1. The summed E-state index contributed by atoms with van der Waals surface area (Å²) in [4.78, 5) is 10.8. The topological polar surface area (TPSA) is 70.7 Å². The summed E-state index contributed by atoms with van der Waals surface area (Å²) in [6.45, 7) is 1.55. The van der Waals surface area contributed by atoms with E-state index >= 15 is 0 Å². The Balaban J connectivity index is 2.82. The third-order valence-corrected chi connectivity index (χ3v) is 2.40. The molecule has 1 aromatic carbocycles. The van der Waals surface area contributed by atoms with Gasteiger partial charge in [0.05, 0.1) is 6.61 Å². The number of fused-ring (bicyclic) bond motifs is 1. The molecule has 0 saturated heterocycles. The van der Waals surface area contributed by atoms with Gasteiger partial charge < -0.3 is 14.6 Å². The molecule has 2 aromatic rings. The van der Waals surface area contributed by atoms with Crippen LogP contribution in [0.4, 0.5) is 0 Å². The van der Waals surface area contributed by atoms with Gasteiger partial charge in [0, 0.05) is 10.9 Å². The van der Waals surface area contributed by atoms with Crippen molar-refractivity contribution in [1.82, 2.24) is 0 Å². The van der Waals surface area contributed by atoms with E-state index in [4.69, 9.17) is 14.6 Å². The van der Waals surface area contributed by atoms with Gasteiger partial charge in [-0.05, 0) is 18.6 Å². The molecular weight excluding hydrogens is 196 g/mol. The second-order valence-electron chi connectivity index (χ2n) is 3.31. The Hall–Kier alpha value is -1.81. The smallest absolute Gasteiger partial charge is 0.372 e. The molecule has 2 rings (SSSR count). The zero-order valence-corrected chi connectivity index (χ0v) is 8.15. The van der Waals surface area contributed by atoms with Crippen LogP contribution in [0.3, 0.4) is 0 Å². The first-order chi connectivity index (χ1) is 7.15. The quantitative estimate of drug-likeness (QED) is 0.787. The molecule has 0 bridgehead atoms. The van der Waals surface area contributed by atoms with E-state index < -0.39 is 5.97 Å². The predicted molar refractivity (Wildman–Crippen MR) is 53.8 cm³/mol. The summed E-state index contributed by atoms with van der Waals surface area (Å²) in [5.74, 6) is -1.15. The van der Waals surface area contributed by atoms with Crippen molar-refractivity contribution < 1.29 is 19.4 Å². The van der Waals surface area contributed by atoms with Crippen LogP contribution in [0.2, 0.25) is 0 Å². The van der Waals surface area contributed by atoms with Crippen LogP contribution in [-0.2, 0) is 6.61 Å². The van der Waals surface area contributed by atoms with Gasteiger partial charge in [-0.3, -0.25) is 0 Å². The van der Waals surface area contributed by atoms with Crippen LogP contribution in [0.1, 0.15) is 21.7 Å². The van der Waals surface area contributed by atoms with Gasteiger partial charge in [0.1, 0.15) is 5.58 Å². The fourth-order valence-electron chi connectivity index (χ4n) is 1.72. The molecule has 0 saturated carbocycles. The minimum atomic E-state index is -1.09. The maximum Gasteiger partial charge on any atom is 0.372 e. The van der Waals surface area contributed by atoms with E-state index in [-0.39, 0.29) is 12.4 Å². The van der Waals surface area contributed by atoms with Gasteiger partial charge in [0.25, 0.3) is 0 Å². The van der Waals surface area contributed by atoms with Gasteiger partial charge in [0.2, 0.25) is 5.76 Å². The fraction of sp³-hybridized carbons (Fsp3) is 0.182. The molecule has 0 radical (unpaired) electrons. The van der Waals surface area contributed by atoms with Crippen LogP contribution < -0.4 is 0 Å². The number of furan rings is 1. The van der Waals surface area contributed by atoms with E-state index in [1.165, 1.54) is 0 Å². The number of hydrogen-bond donors (Lipinski definition) is 2. The van der Waals surface area contributed by atoms with E-state index in [0.29, 0.717) is 22.1 Å². The molecule has 1 heterocycles. The summed E-state index contributed by atoms with van der Waals surface area (Å²) in [5.41, 5.74) is 1.74. The average Bonchev–Trinajstić information content (AvgIpc) is 2.56. The second-order valence-corrected chi connectivity index (χ2v) is 3.31. The number of aliphatic hydroxyl groups excluding tert-OH is 1. The van der Waals surface area contributed by atoms with E-state index in [1.54, 1.807) is 25.1 Å². The largest absolute Gasteiger partial charge is 0.475 e. The third-order valence-electron chi connectivity index (χ3n) is 2.40. The molecule has 0 aliphatic heterocycles. The molecule has 0 fully saturated rings. The van der Waals surface area contributed by atoms with Crippen molar-refractivity contribution in [2.45, 2.75) is 13.5 Å². The first kappa shape index (κ1) is 9.73. The summed E-state index contributed by atoms with van der Waals surface area (Å²) < 4.78 is 5.19. The monoisotopic (exact) mass is 206 g/mol. The number of benzene rings is 1. The number of rotatable bonds is 2. The molecule has 2 N–H and O–H groups in total. The standard InChI is InChI=1S/C11H10O4/c1-6-9-7(5-12)3-2-4-8(9)15-10(6)11(13)14/h2-4,12H,5H2,1H3,(H,13,14). The summed E-state index contributed by atoms with van der Waals surface area (Å²) in [7, 11) is 0. The molecule has 0 atom stereocenters. The number of aryl methyl sites for hydroxylation is 1.